The number of piperidine rings is 1. The Hall–Kier alpha value is -2.44. The lowest BCUT2D eigenvalue weighted by Gasteiger charge is -2.32. The predicted octanol–water partition coefficient (Wildman–Crippen LogP) is 4.74. The molecule has 2 aliphatic rings. The second-order valence-corrected chi connectivity index (χ2v) is 10.5. The number of benzene rings is 2. The van der Waals surface area contributed by atoms with Gasteiger partial charge in [0.25, 0.3) is 0 Å². The van der Waals surface area contributed by atoms with Crippen LogP contribution in [-0.2, 0) is 11.3 Å². The van der Waals surface area contributed by atoms with Crippen LogP contribution >= 0.6 is 11.3 Å². The van der Waals surface area contributed by atoms with Gasteiger partial charge in [-0.3, -0.25) is 9.69 Å². The van der Waals surface area contributed by atoms with Crippen LogP contribution in [0.3, 0.4) is 0 Å². The van der Waals surface area contributed by atoms with Crippen molar-refractivity contribution in [3.05, 3.63) is 59.1 Å². The van der Waals surface area contributed by atoms with Crippen molar-refractivity contribution in [1.82, 2.24) is 14.8 Å². The van der Waals surface area contributed by atoms with Crippen molar-refractivity contribution in [2.45, 2.75) is 32.7 Å². The number of carbonyl (C=O) groups excluding carboxylic acids is 1. The fraction of sp³-hybridized carbons (Fsp3) is 0.462. The van der Waals surface area contributed by atoms with Crippen LogP contribution < -0.4 is 4.74 Å². The number of hydrogen-bond acceptors (Lipinski definition) is 5. The Labute approximate surface area is 194 Å². The molecule has 1 aromatic heterocycles. The molecule has 5 rings (SSSR count). The Balaban J connectivity index is 1.07. The molecule has 32 heavy (non-hydrogen) atoms. The zero-order valence-corrected chi connectivity index (χ0v) is 19.7. The number of amides is 1. The number of thiazole rings is 1. The van der Waals surface area contributed by atoms with E-state index < -0.39 is 0 Å². The Morgan fingerprint density at radius 2 is 1.94 bits per heavy atom. The van der Waals surface area contributed by atoms with Gasteiger partial charge in [-0.2, -0.15) is 0 Å². The molecule has 1 saturated heterocycles. The molecule has 2 heterocycles. The number of carbonyl (C=O) groups is 1. The summed E-state index contributed by atoms with van der Waals surface area (Å²) in [6.45, 7) is 6.25. The third-order valence-electron chi connectivity index (χ3n) is 7.13. The van der Waals surface area contributed by atoms with Gasteiger partial charge >= 0.3 is 0 Å². The minimum atomic E-state index is 0.191. The Morgan fingerprint density at radius 3 is 2.69 bits per heavy atom. The van der Waals surface area contributed by atoms with Gasteiger partial charge in [-0.1, -0.05) is 29.8 Å². The predicted molar refractivity (Wildman–Crippen MR) is 129 cm³/mol. The molecule has 3 aromatic rings. The largest absolute Gasteiger partial charge is 0.492 e. The smallest absolute Gasteiger partial charge is 0.226 e. The molecule has 1 spiro atoms. The van der Waals surface area contributed by atoms with Crippen LogP contribution in [0.2, 0.25) is 0 Å². The zero-order chi connectivity index (χ0) is 22.1. The summed E-state index contributed by atoms with van der Waals surface area (Å²) < 4.78 is 7.07. The van der Waals surface area contributed by atoms with Gasteiger partial charge in [0, 0.05) is 13.0 Å². The fourth-order valence-corrected chi connectivity index (χ4v) is 5.91. The van der Waals surface area contributed by atoms with E-state index in [4.69, 9.17) is 9.72 Å². The maximum absolute atomic E-state index is 13.0. The highest BCUT2D eigenvalue weighted by atomic mass is 32.1. The first-order valence-electron chi connectivity index (χ1n) is 11.5. The molecule has 2 aromatic carbocycles. The van der Waals surface area contributed by atoms with Crippen molar-refractivity contribution in [2.24, 2.45) is 11.3 Å². The lowest BCUT2D eigenvalue weighted by molar-refractivity contribution is -0.132. The van der Waals surface area contributed by atoms with Gasteiger partial charge in [0.05, 0.1) is 23.3 Å². The van der Waals surface area contributed by atoms with Gasteiger partial charge in [-0.15, -0.1) is 11.3 Å². The highest BCUT2D eigenvalue weighted by Crippen LogP contribution is 2.60. The Morgan fingerprint density at radius 1 is 1.19 bits per heavy atom. The topological polar surface area (TPSA) is 45.7 Å². The van der Waals surface area contributed by atoms with Gasteiger partial charge < -0.3 is 9.64 Å². The second kappa shape index (κ2) is 8.83. The van der Waals surface area contributed by atoms with E-state index >= 15 is 0 Å². The molecule has 0 unspecified atom stereocenters. The molecule has 168 valence electrons. The maximum atomic E-state index is 13.0. The van der Waals surface area contributed by atoms with Gasteiger partial charge in [0.15, 0.2) is 0 Å². The van der Waals surface area contributed by atoms with Gasteiger partial charge in [0.1, 0.15) is 17.4 Å². The molecule has 0 N–H and O–H groups in total. The fourth-order valence-electron chi connectivity index (χ4n) is 4.90. The number of hydrogen-bond donors (Lipinski definition) is 0. The molecular weight excluding hydrogens is 418 g/mol. The Bertz CT molecular complexity index is 1050. The molecule has 6 heteroatoms. The van der Waals surface area contributed by atoms with E-state index in [-0.39, 0.29) is 17.2 Å². The number of fused-ring (bicyclic) bond motifs is 1. The normalized spacial score (nSPS) is 19.9. The number of para-hydroxylation sites is 1. The third kappa shape index (κ3) is 4.52. The minimum absolute atomic E-state index is 0.191. The number of likely N-dealkylation sites (N-methyl/N-ethyl adjacent to an activating group) is 1. The van der Waals surface area contributed by atoms with E-state index in [1.54, 1.807) is 11.3 Å². The molecule has 2 fully saturated rings. The van der Waals surface area contributed by atoms with Crippen LogP contribution in [0, 0.1) is 18.3 Å². The van der Waals surface area contributed by atoms with E-state index in [1.807, 2.05) is 42.3 Å². The summed E-state index contributed by atoms with van der Waals surface area (Å²) in [5.41, 5.74) is 2.55. The average molecular weight is 450 g/mol. The van der Waals surface area contributed by atoms with Crippen molar-refractivity contribution in [1.29, 1.82) is 0 Å². The molecule has 0 bridgehead atoms. The minimum Gasteiger partial charge on any atom is -0.492 e. The first-order chi connectivity index (χ1) is 15.5. The Kier molecular flexibility index (Phi) is 5.91. The standard InChI is InChI=1S/C26H31N3O2S/c1-19-7-9-20(10-8-19)31-16-15-28(2)25(30)21-17-26(21)11-13-29(14-12-26)18-24-27-22-5-3-4-6-23(22)32-24/h3-10,21H,11-18H2,1-2H3/t21-/m0/s1. The number of aromatic nitrogens is 1. The van der Waals surface area contributed by atoms with Crippen LogP contribution in [0.4, 0.5) is 0 Å². The van der Waals surface area contributed by atoms with Gasteiger partial charge in [0.2, 0.25) is 5.91 Å². The van der Waals surface area contributed by atoms with E-state index in [1.165, 1.54) is 15.3 Å². The number of likely N-dealkylation sites (tertiary alicyclic amines) is 1. The van der Waals surface area contributed by atoms with E-state index in [9.17, 15) is 4.79 Å². The summed E-state index contributed by atoms with van der Waals surface area (Å²) in [4.78, 5) is 22.1. The summed E-state index contributed by atoms with van der Waals surface area (Å²) in [7, 11) is 1.91. The monoisotopic (exact) mass is 449 g/mol. The first kappa shape index (κ1) is 21.4. The quantitative estimate of drug-likeness (QED) is 0.522. The lowest BCUT2D eigenvalue weighted by Crippen LogP contribution is -2.38. The van der Waals surface area contributed by atoms with Gasteiger partial charge in [-0.25, -0.2) is 4.98 Å². The summed E-state index contributed by atoms with van der Waals surface area (Å²) in [6, 6.07) is 16.4. The van der Waals surface area contributed by atoms with E-state index in [0.717, 1.165) is 50.2 Å². The highest BCUT2D eigenvalue weighted by Gasteiger charge is 2.58. The lowest BCUT2D eigenvalue weighted by atomic mass is 9.90. The second-order valence-electron chi connectivity index (χ2n) is 9.39. The molecule has 1 aliphatic carbocycles. The molecule has 5 nitrogen and oxygen atoms in total. The first-order valence-corrected chi connectivity index (χ1v) is 12.4. The van der Waals surface area contributed by atoms with Crippen molar-refractivity contribution in [3.63, 3.8) is 0 Å². The molecular formula is C26H31N3O2S. The average Bonchev–Trinajstić information content (AvgIpc) is 3.34. The summed E-state index contributed by atoms with van der Waals surface area (Å²) in [6.07, 6.45) is 3.27. The number of rotatable bonds is 7. The number of aryl methyl sites for hydroxylation is 1. The number of ether oxygens (including phenoxy) is 1. The van der Waals surface area contributed by atoms with Crippen LogP contribution in [0.5, 0.6) is 5.75 Å². The van der Waals surface area contributed by atoms with Crippen molar-refractivity contribution in [3.8, 4) is 5.75 Å². The zero-order valence-electron chi connectivity index (χ0n) is 18.9. The molecule has 1 aliphatic heterocycles. The molecule has 0 radical (unpaired) electrons. The number of nitrogens with zero attached hydrogens (tertiary/aromatic N) is 3. The molecule has 1 amide bonds. The third-order valence-corrected chi connectivity index (χ3v) is 8.15. The summed E-state index contributed by atoms with van der Waals surface area (Å²) in [5.74, 6) is 1.34. The van der Waals surface area contributed by atoms with Crippen LogP contribution in [-0.4, -0.2) is 54.0 Å². The van der Waals surface area contributed by atoms with Crippen molar-refractivity contribution >= 4 is 27.5 Å². The maximum Gasteiger partial charge on any atom is 0.226 e. The van der Waals surface area contributed by atoms with Crippen LogP contribution in [0.15, 0.2) is 48.5 Å². The summed E-state index contributed by atoms with van der Waals surface area (Å²) in [5, 5.41) is 1.19. The van der Waals surface area contributed by atoms with Crippen LogP contribution in [0.25, 0.3) is 10.2 Å². The van der Waals surface area contributed by atoms with Crippen molar-refractivity contribution in [2.75, 3.05) is 33.3 Å². The van der Waals surface area contributed by atoms with E-state index in [0.29, 0.717) is 13.2 Å². The van der Waals surface area contributed by atoms with E-state index in [2.05, 4.69) is 30.0 Å². The molecule has 1 saturated carbocycles. The van der Waals surface area contributed by atoms with Gasteiger partial charge in [-0.05, 0) is 69.0 Å². The summed E-state index contributed by atoms with van der Waals surface area (Å²) >= 11 is 1.80. The van der Waals surface area contributed by atoms with Crippen LogP contribution in [0.1, 0.15) is 29.8 Å². The van der Waals surface area contributed by atoms with Crippen molar-refractivity contribution < 1.29 is 9.53 Å². The highest BCUT2D eigenvalue weighted by molar-refractivity contribution is 7.18. The molecule has 1 atom stereocenters. The SMILES string of the molecule is Cc1ccc(OCCN(C)C(=O)[C@@H]2CC23CCN(Cc2nc4ccccc4s2)CC3)cc1.